The minimum Gasteiger partial charge on any atom is -0.545 e. The van der Waals surface area contributed by atoms with Crippen LogP contribution in [0.3, 0.4) is 0 Å². The zero-order valence-corrected chi connectivity index (χ0v) is 14.1. The summed E-state index contributed by atoms with van der Waals surface area (Å²) < 4.78 is 1.28. The minimum atomic E-state index is -1.13. The van der Waals surface area contributed by atoms with Gasteiger partial charge in [-0.3, -0.25) is 0 Å². The zero-order valence-electron chi connectivity index (χ0n) is 14.1. The van der Waals surface area contributed by atoms with E-state index < -0.39 is 5.97 Å². The van der Waals surface area contributed by atoms with Crippen molar-refractivity contribution in [1.82, 2.24) is 0 Å². The van der Waals surface area contributed by atoms with Crippen molar-refractivity contribution in [3.05, 3.63) is 48.0 Å². The molecular formula is C19H27NO2. The van der Waals surface area contributed by atoms with Crippen molar-refractivity contribution in [3.63, 3.8) is 0 Å². The lowest BCUT2D eigenvalue weighted by Crippen LogP contribution is -2.47. The number of fused-ring (bicyclic) bond motifs is 1. The van der Waals surface area contributed by atoms with Crippen molar-refractivity contribution in [2.75, 3.05) is 26.2 Å². The van der Waals surface area contributed by atoms with Gasteiger partial charge in [0.15, 0.2) is 0 Å². The molecule has 0 saturated carbocycles. The zero-order chi connectivity index (χ0) is 16.6. The maximum atomic E-state index is 10.5. The van der Waals surface area contributed by atoms with Crippen molar-refractivity contribution >= 4 is 16.7 Å². The summed E-state index contributed by atoms with van der Waals surface area (Å²) >= 11 is 0. The van der Waals surface area contributed by atoms with E-state index in [9.17, 15) is 9.90 Å². The monoisotopic (exact) mass is 301 g/mol. The summed E-state index contributed by atoms with van der Waals surface area (Å²) in [4.78, 5) is 10.5. The molecule has 2 aromatic carbocycles. The van der Waals surface area contributed by atoms with Crippen molar-refractivity contribution in [1.29, 1.82) is 0 Å². The van der Waals surface area contributed by atoms with Gasteiger partial charge in [0.05, 0.1) is 32.1 Å². The Bertz CT molecular complexity index is 586. The Kier molecular flexibility index (Phi) is 7.06. The highest BCUT2D eigenvalue weighted by Gasteiger charge is 2.16. The summed E-state index contributed by atoms with van der Waals surface area (Å²) in [6.07, 6.45) is 0. The lowest BCUT2D eigenvalue weighted by Gasteiger charge is -2.34. The molecule has 0 heterocycles. The average Bonchev–Trinajstić information content (AvgIpc) is 2.57. The Morgan fingerprint density at radius 1 is 0.864 bits per heavy atom. The number of aromatic carboxylic acids is 1. The molecule has 0 fully saturated rings. The van der Waals surface area contributed by atoms with E-state index in [0.29, 0.717) is 0 Å². The number of carboxylic acids is 1. The van der Waals surface area contributed by atoms with Crippen molar-refractivity contribution in [2.24, 2.45) is 0 Å². The van der Waals surface area contributed by atoms with Crippen LogP contribution in [0.25, 0.3) is 10.8 Å². The molecule has 3 nitrogen and oxygen atoms in total. The highest BCUT2D eigenvalue weighted by Crippen LogP contribution is 2.14. The predicted molar refractivity (Wildman–Crippen MR) is 90.7 cm³/mol. The smallest absolute Gasteiger partial charge is 0.0757 e. The second kappa shape index (κ2) is 8.54. The highest BCUT2D eigenvalue weighted by molar-refractivity contribution is 5.93. The van der Waals surface area contributed by atoms with E-state index >= 15 is 0 Å². The number of benzene rings is 2. The minimum absolute atomic E-state index is 0.221. The lowest BCUT2D eigenvalue weighted by atomic mass is 10.1. The second-order valence-electron chi connectivity index (χ2n) is 5.46. The second-order valence-corrected chi connectivity index (χ2v) is 5.46. The molecule has 0 saturated heterocycles. The molecule has 0 aliphatic carbocycles. The van der Waals surface area contributed by atoms with Crippen LogP contribution in [0, 0.1) is 0 Å². The molecule has 0 aromatic heterocycles. The van der Waals surface area contributed by atoms with Gasteiger partial charge in [-0.1, -0.05) is 36.4 Å². The molecule has 22 heavy (non-hydrogen) atoms. The third-order valence-corrected chi connectivity index (χ3v) is 4.67. The molecular weight excluding hydrogens is 274 g/mol. The van der Waals surface area contributed by atoms with Crippen LogP contribution in [0.2, 0.25) is 0 Å². The molecule has 3 heteroatoms. The van der Waals surface area contributed by atoms with Gasteiger partial charge in [0.2, 0.25) is 0 Å². The van der Waals surface area contributed by atoms with E-state index in [1.807, 2.05) is 24.3 Å². The molecule has 0 aliphatic heterocycles. The SMILES string of the molecule is CC[N+](CC)(CC)CC.O=C([O-])c1ccc2ccccc2c1. The van der Waals surface area contributed by atoms with Gasteiger partial charge >= 0.3 is 0 Å². The standard InChI is InChI=1S/C11H8O2.C8H20N/c12-11(13)10-6-5-8-3-1-2-4-9(8)7-10;1-5-9(6-2,7-3)8-4/h1-7H,(H,12,13);5-8H2,1-4H3/q;+1/p-1. The van der Waals surface area contributed by atoms with Gasteiger partial charge in [-0.05, 0) is 50.1 Å². The number of carboxylic acid groups (broad SMARTS) is 1. The van der Waals surface area contributed by atoms with Crippen LogP contribution in [0.5, 0.6) is 0 Å². The molecule has 0 radical (unpaired) electrons. The summed E-state index contributed by atoms with van der Waals surface area (Å²) in [5.41, 5.74) is 0.221. The molecule has 2 rings (SSSR count). The number of nitrogens with zero attached hydrogens (tertiary/aromatic N) is 1. The number of rotatable bonds is 5. The number of quaternary nitrogens is 1. The summed E-state index contributed by atoms with van der Waals surface area (Å²) in [5, 5.41) is 12.5. The molecule has 0 aliphatic rings. The van der Waals surface area contributed by atoms with Crippen LogP contribution >= 0.6 is 0 Å². The summed E-state index contributed by atoms with van der Waals surface area (Å²) in [6, 6.07) is 12.6. The van der Waals surface area contributed by atoms with E-state index in [1.165, 1.54) is 30.7 Å². The topological polar surface area (TPSA) is 40.1 Å². The Morgan fingerprint density at radius 2 is 1.36 bits per heavy atom. The fraction of sp³-hybridized carbons (Fsp3) is 0.421. The van der Waals surface area contributed by atoms with E-state index in [1.54, 1.807) is 18.2 Å². The fourth-order valence-corrected chi connectivity index (χ4v) is 2.66. The highest BCUT2D eigenvalue weighted by atomic mass is 16.4. The summed E-state index contributed by atoms with van der Waals surface area (Å²) in [5.74, 6) is -1.13. The van der Waals surface area contributed by atoms with Crippen LogP contribution in [0.1, 0.15) is 38.1 Å². The van der Waals surface area contributed by atoms with Gasteiger partial charge < -0.3 is 14.4 Å². The Balaban J connectivity index is 0.000000239. The van der Waals surface area contributed by atoms with Gasteiger partial charge in [0.1, 0.15) is 0 Å². The summed E-state index contributed by atoms with van der Waals surface area (Å²) in [7, 11) is 0. The van der Waals surface area contributed by atoms with E-state index in [4.69, 9.17) is 0 Å². The van der Waals surface area contributed by atoms with Gasteiger partial charge in [-0.2, -0.15) is 0 Å². The molecule has 0 atom stereocenters. The van der Waals surface area contributed by atoms with Crippen LogP contribution in [-0.4, -0.2) is 36.6 Å². The first-order valence-electron chi connectivity index (χ1n) is 8.07. The molecule has 120 valence electrons. The number of hydrogen-bond acceptors (Lipinski definition) is 2. The Morgan fingerprint density at radius 3 is 1.77 bits per heavy atom. The number of hydrogen-bond donors (Lipinski definition) is 0. The van der Waals surface area contributed by atoms with E-state index in [-0.39, 0.29) is 5.56 Å². The lowest BCUT2D eigenvalue weighted by molar-refractivity contribution is -0.921. The van der Waals surface area contributed by atoms with Crippen molar-refractivity contribution < 1.29 is 14.4 Å². The predicted octanol–water partition coefficient (Wildman–Crippen LogP) is 3.09. The first kappa shape index (κ1) is 18.2. The first-order valence-corrected chi connectivity index (χ1v) is 8.07. The van der Waals surface area contributed by atoms with Gasteiger partial charge in [0, 0.05) is 0 Å². The van der Waals surface area contributed by atoms with Crippen LogP contribution in [0.15, 0.2) is 42.5 Å². The quantitative estimate of drug-likeness (QED) is 0.796. The van der Waals surface area contributed by atoms with Crippen LogP contribution < -0.4 is 5.11 Å². The average molecular weight is 301 g/mol. The molecule has 0 spiro atoms. The molecule has 0 unspecified atom stereocenters. The van der Waals surface area contributed by atoms with Crippen LogP contribution in [0.4, 0.5) is 0 Å². The first-order chi connectivity index (χ1) is 10.5. The number of carbonyl (C=O) groups is 1. The van der Waals surface area contributed by atoms with Crippen molar-refractivity contribution in [3.8, 4) is 0 Å². The maximum Gasteiger partial charge on any atom is 0.0757 e. The molecule has 0 amide bonds. The molecule has 0 bridgehead atoms. The van der Waals surface area contributed by atoms with Gasteiger partial charge in [-0.25, -0.2) is 0 Å². The van der Waals surface area contributed by atoms with E-state index in [0.717, 1.165) is 10.8 Å². The maximum absolute atomic E-state index is 10.5. The molecule has 0 N–H and O–H groups in total. The van der Waals surface area contributed by atoms with Crippen molar-refractivity contribution in [2.45, 2.75) is 27.7 Å². The molecule has 2 aromatic rings. The fourth-order valence-electron chi connectivity index (χ4n) is 2.66. The third-order valence-electron chi connectivity index (χ3n) is 4.67. The third kappa shape index (κ3) is 4.57. The van der Waals surface area contributed by atoms with E-state index in [2.05, 4.69) is 27.7 Å². The summed E-state index contributed by atoms with van der Waals surface area (Å²) in [6.45, 7) is 14.2. The Hall–Kier alpha value is -1.87. The number of carbonyl (C=O) groups excluding carboxylic acids is 1. The van der Waals surface area contributed by atoms with Gasteiger partial charge in [0.25, 0.3) is 0 Å². The Labute approximate surface area is 133 Å². The normalized spacial score (nSPS) is 10.9. The van der Waals surface area contributed by atoms with Gasteiger partial charge in [-0.15, -0.1) is 0 Å². The van der Waals surface area contributed by atoms with Crippen LogP contribution in [-0.2, 0) is 0 Å². The largest absolute Gasteiger partial charge is 0.545 e.